The number of rotatable bonds is 15. The first kappa shape index (κ1) is 28.2. The van der Waals surface area contributed by atoms with Gasteiger partial charge in [0.1, 0.15) is 18.1 Å². The first-order chi connectivity index (χ1) is 14.7. The molecule has 0 radical (unpaired) electrons. The van der Waals surface area contributed by atoms with Gasteiger partial charge in [0.15, 0.2) is 0 Å². The Morgan fingerprint density at radius 2 is 1.22 bits per heavy atom. The molecule has 0 aliphatic heterocycles. The summed E-state index contributed by atoms with van der Waals surface area (Å²) in [5, 5.41) is 24.4. The number of amides is 5. The lowest BCUT2D eigenvalue weighted by Crippen LogP contribution is -2.56. The van der Waals surface area contributed by atoms with Gasteiger partial charge in [-0.15, -0.1) is 0 Å². The van der Waals surface area contributed by atoms with Gasteiger partial charge in [-0.2, -0.15) is 0 Å². The van der Waals surface area contributed by atoms with Gasteiger partial charge in [0.2, 0.25) is 29.5 Å². The Morgan fingerprint density at radius 3 is 1.66 bits per heavy atom. The van der Waals surface area contributed by atoms with Gasteiger partial charge < -0.3 is 43.4 Å². The molecule has 0 saturated heterocycles. The Bertz CT molecular complexity index is 757. The summed E-state index contributed by atoms with van der Waals surface area (Å²) in [5.41, 5.74) is 15.4. The molecule has 0 rings (SSSR count). The molecule has 0 fully saturated rings. The number of nitrogens with one attached hydrogen (secondary N) is 3. The van der Waals surface area contributed by atoms with Crippen molar-refractivity contribution >= 4 is 41.5 Å². The Labute approximate surface area is 182 Å². The summed E-state index contributed by atoms with van der Waals surface area (Å²) in [7, 11) is 0. The first-order valence-electron chi connectivity index (χ1n) is 9.42. The molecule has 0 heterocycles. The summed E-state index contributed by atoms with van der Waals surface area (Å²) in [5.74, 6) is -7.12. The van der Waals surface area contributed by atoms with Crippen molar-refractivity contribution in [2.75, 3.05) is 0 Å². The Kier molecular flexibility index (Phi) is 11.9. The van der Waals surface area contributed by atoms with E-state index in [1.165, 1.54) is 6.92 Å². The van der Waals surface area contributed by atoms with Crippen molar-refractivity contribution in [3.63, 3.8) is 0 Å². The molecule has 32 heavy (non-hydrogen) atoms. The highest BCUT2D eigenvalue weighted by Crippen LogP contribution is 2.02. The van der Waals surface area contributed by atoms with Crippen molar-refractivity contribution in [1.29, 1.82) is 0 Å². The molecular formula is C17H28N6O9. The summed E-state index contributed by atoms with van der Waals surface area (Å²) in [6.07, 6.45) is -1.86. The predicted octanol–water partition coefficient (Wildman–Crippen LogP) is -4.12. The molecule has 0 aromatic rings. The lowest BCUT2D eigenvalue weighted by Gasteiger charge is -2.23. The maximum Gasteiger partial charge on any atom is 0.326 e. The van der Waals surface area contributed by atoms with Crippen LogP contribution in [-0.2, 0) is 33.6 Å². The van der Waals surface area contributed by atoms with Crippen molar-refractivity contribution in [3.8, 4) is 0 Å². The lowest BCUT2D eigenvalue weighted by atomic mass is 10.1. The largest absolute Gasteiger partial charge is 0.481 e. The summed E-state index contributed by atoms with van der Waals surface area (Å²) < 4.78 is 0. The van der Waals surface area contributed by atoms with Crippen LogP contribution in [0.1, 0.15) is 39.0 Å². The average molecular weight is 460 g/mol. The molecule has 0 aliphatic carbocycles. The summed E-state index contributed by atoms with van der Waals surface area (Å²) in [4.78, 5) is 80.5. The lowest BCUT2D eigenvalue weighted by molar-refractivity contribution is -0.142. The van der Waals surface area contributed by atoms with Gasteiger partial charge in [0.05, 0.1) is 12.5 Å². The third kappa shape index (κ3) is 11.4. The van der Waals surface area contributed by atoms with Crippen LogP contribution in [0.3, 0.4) is 0 Å². The maximum atomic E-state index is 12.5. The smallest absolute Gasteiger partial charge is 0.326 e. The van der Waals surface area contributed by atoms with Crippen LogP contribution in [0, 0.1) is 0 Å². The van der Waals surface area contributed by atoms with Crippen molar-refractivity contribution in [1.82, 2.24) is 16.0 Å². The number of primary amides is 2. The fourth-order valence-electron chi connectivity index (χ4n) is 2.34. The van der Waals surface area contributed by atoms with Crippen molar-refractivity contribution in [2.24, 2.45) is 17.2 Å². The van der Waals surface area contributed by atoms with Gasteiger partial charge >= 0.3 is 11.9 Å². The van der Waals surface area contributed by atoms with Gasteiger partial charge in [0, 0.05) is 12.8 Å². The van der Waals surface area contributed by atoms with Gasteiger partial charge in [-0.3, -0.25) is 28.8 Å². The predicted molar refractivity (Wildman–Crippen MR) is 106 cm³/mol. The minimum absolute atomic E-state index is 0.266. The minimum Gasteiger partial charge on any atom is -0.481 e. The van der Waals surface area contributed by atoms with E-state index in [2.05, 4.69) is 16.0 Å². The number of hydrogen-bond donors (Lipinski definition) is 8. The van der Waals surface area contributed by atoms with Crippen LogP contribution in [0.15, 0.2) is 0 Å². The number of nitrogens with two attached hydrogens (primary N) is 3. The van der Waals surface area contributed by atoms with Crippen molar-refractivity contribution in [3.05, 3.63) is 0 Å². The molecule has 15 heteroatoms. The zero-order valence-electron chi connectivity index (χ0n) is 17.3. The number of aliphatic carboxylic acids is 2. The molecular weight excluding hydrogens is 432 g/mol. The van der Waals surface area contributed by atoms with Crippen LogP contribution in [0.4, 0.5) is 0 Å². The maximum absolute atomic E-state index is 12.5. The van der Waals surface area contributed by atoms with Gasteiger partial charge in [-0.1, -0.05) is 0 Å². The zero-order valence-corrected chi connectivity index (χ0v) is 17.3. The molecule has 15 nitrogen and oxygen atoms in total. The highest BCUT2D eigenvalue weighted by atomic mass is 16.4. The molecule has 5 amide bonds. The molecule has 4 atom stereocenters. The highest BCUT2D eigenvalue weighted by molar-refractivity contribution is 5.94. The quantitative estimate of drug-likeness (QED) is 0.117. The van der Waals surface area contributed by atoms with E-state index < -0.39 is 72.1 Å². The van der Waals surface area contributed by atoms with Crippen LogP contribution in [0.5, 0.6) is 0 Å². The minimum atomic E-state index is -1.47. The fraction of sp³-hybridized carbons (Fsp3) is 0.588. The second-order valence-corrected chi connectivity index (χ2v) is 6.91. The summed E-state index contributed by atoms with van der Waals surface area (Å²) >= 11 is 0. The topological polar surface area (TPSA) is 274 Å². The van der Waals surface area contributed by atoms with E-state index in [1.807, 2.05) is 0 Å². The van der Waals surface area contributed by atoms with Crippen LogP contribution >= 0.6 is 0 Å². The Morgan fingerprint density at radius 1 is 0.750 bits per heavy atom. The molecule has 0 aromatic carbocycles. The van der Waals surface area contributed by atoms with Gasteiger partial charge in [0.25, 0.3) is 0 Å². The molecule has 4 unspecified atom stereocenters. The van der Waals surface area contributed by atoms with Crippen LogP contribution in [0.25, 0.3) is 0 Å². The van der Waals surface area contributed by atoms with E-state index in [0.29, 0.717) is 0 Å². The average Bonchev–Trinajstić information content (AvgIpc) is 2.66. The third-order valence-electron chi connectivity index (χ3n) is 4.09. The van der Waals surface area contributed by atoms with Crippen LogP contribution in [-0.4, -0.2) is 75.9 Å². The standard InChI is InChI=1S/C17H28N6O9/c1-7(14(28)23-10(17(31)32)3-5-12(20)25)21-16(30)9(2-4-11(19)24)22-15(29)8(18)6-13(26)27/h7-10H,2-6,18H2,1H3,(H2,19,24)(H2,20,25)(H,21,30)(H,22,29)(H,23,28)(H,26,27)(H,31,32). The second-order valence-electron chi connectivity index (χ2n) is 6.91. The molecule has 0 aliphatic rings. The number of carbonyl (C=O) groups excluding carboxylic acids is 5. The molecule has 180 valence electrons. The third-order valence-corrected chi connectivity index (χ3v) is 4.09. The van der Waals surface area contributed by atoms with E-state index in [1.54, 1.807) is 0 Å². The first-order valence-corrected chi connectivity index (χ1v) is 9.42. The fourth-order valence-corrected chi connectivity index (χ4v) is 2.34. The molecule has 0 bridgehead atoms. The molecule has 0 spiro atoms. The van der Waals surface area contributed by atoms with E-state index >= 15 is 0 Å². The Hall–Kier alpha value is -3.75. The summed E-state index contributed by atoms with van der Waals surface area (Å²) in [6.45, 7) is 1.23. The zero-order chi connectivity index (χ0) is 25.0. The van der Waals surface area contributed by atoms with Gasteiger partial charge in [-0.25, -0.2) is 4.79 Å². The van der Waals surface area contributed by atoms with E-state index in [-0.39, 0.29) is 25.7 Å². The normalized spacial score (nSPS) is 14.2. The van der Waals surface area contributed by atoms with Crippen LogP contribution < -0.4 is 33.2 Å². The van der Waals surface area contributed by atoms with E-state index in [4.69, 9.17) is 27.4 Å². The number of carbonyl (C=O) groups is 7. The van der Waals surface area contributed by atoms with E-state index in [0.717, 1.165) is 0 Å². The number of hydrogen-bond acceptors (Lipinski definition) is 8. The van der Waals surface area contributed by atoms with Crippen molar-refractivity contribution < 1.29 is 43.8 Å². The Balaban J connectivity index is 5.14. The van der Waals surface area contributed by atoms with Crippen molar-refractivity contribution in [2.45, 2.75) is 63.2 Å². The monoisotopic (exact) mass is 460 g/mol. The molecule has 0 aromatic heterocycles. The second kappa shape index (κ2) is 13.5. The van der Waals surface area contributed by atoms with Crippen LogP contribution in [0.2, 0.25) is 0 Å². The van der Waals surface area contributed by atoms with E-state index in [9.17, 15) is 33.6 Å². The number of carboxylic acids is 2. The SMILES string of the molecule is CC(NC(=O)C(CCC(N)=O)NC(=O)C(N)CC(=O)O)C(=O)NC(CCC(N)=O)C(=O)O. The molecule has 11 N–H and O–H groups in total. The number of carboxylic acid groups (broad SMARTS) is 2. The van der Waals surface area contributed by atoms with Gasteiger partial charge in [-0.05, 0) is 19.8 Å². The summed E-state index contributed by atoms with van der Waals surface area (Å²) in [6, 6.07) is -5.57. The highest BCUT2D eigenvalue weighted by Gasteiger charge is 2.29. The molecule has 0 saturated carbocycles.